The molecule has 1 amide bonds. The van der Waals surface area contributed by atoms with E-state index in [1.165, 1.54) is 19.3 Å². The number of amides is 1. The van der Waals surface area contributed by atoms with Crippen molar-refractivity contribution in [1.29, 1.82) is 0 Å². The van der Waals surface area contributed by atoms with Gasteiger partial charge in [-0.3, -0.25) is 4.79 Å². The Labute approximate surface area is 106 Å². The summed E-state index contributed by atoms with van der Waals surface area (Å²) >= 11 is 0. The number of carbonyl (C=O) groups excluding carboxylic acids is 1. The summed E-state index contributed by atoms with van der Waals surface area (Å²) in [6, 6.07) is 0.417. The van der Waals surface area contributed by atoms with E-state index in [1.807, 2.05) is 0 Å². The summed E-state index contributed by atoms with van der Waals surface area (Å²) in [7, 11) is 0. The van der Waals surface area contributed by atoms with E-state index in [2.05, 4.69) is 19.2 Å². The smallest absolute Gasteiger partial charge is 0.220 e. The molecule has 3 atom stereocenters. The second kappa shape index (κ2) is 7.70. The lowest BCUT2D eigenvalue weighted by Gasteiger charge is -2.17. The molecule has 0 saturated heterocycles. The predicted octanol–water partition coefficient (Wildman–Crippen LogP) is 2.45. The molecule has 1 aliphatic carbocycles. The molecule has 1 aliphatic rings. The minimum atomic E-state index is 0.213. The number of rotatable bonds is 5. The molecule has 100 valence electrons. The molecule has 0 aromatic heterocycles. The molecular weight excluding hydrogens is 212 g/mol. The van der Waals surface area contributed by atoms with Gasteiger partial charge < -0.3 is 11.1 Å². The zero-order chi connectivity index (χ0) is 12.7. The molecule has 1 fully saturated rings. The monoisotopic (exact) mass is 240 g/mol. The van der Waals surface area contributed by atoms with Gasteiger partial charge in [0.25, 0.3) is 0 Å². The van der Waals surface area contributed by atoms with Crippen LogP contribution in [0.1, 0.15) is 58.8 Å². The molecule has 3 unspecified atom stereocenters. The van der Waals surface area contributed by atoms with Gasteiger partial charge in [0.1, 0.15) is 0 Å². The topological polar surface area (TPSA) is 55.1 Å². The lowest BCUT2D eigenvalue weighted by molar-refractivity contribution is -0.122. The summed E-state index contributed by atoms with van der Waals surface area (Å²) in [5.41, 5.74) is 5.55. The molecule has 0 aromatic carbocycles. The zero-order valence-corrected chi connectivity index (χ0v) is 11.4. The maximum Gasteiger partial charge on any atom is 0.220 e. The van der Waals surface area contributed by atoms with Crippen molar-refractivity contribution in [2.24, 2.45) is 17.6 Å². The van der Waals surface area contributed by atoms with Crippen LogP contribution in [0.3, 0.4) is 0 Å². The highest BCUT2D eigenvalue weighted by atomic mass is 16.1. The average Bonchev–Trinajstić information content (AvgIpc) is 2.51. The molecule has 0 spiro atoms. The third-order valence-corrected chi connectivity index (χ3v) is 3.89. The van der Waals surface area contributed by atoms with E-state index in [-0.39, 0.29) is 5.91 Å². The molecule has 1 saturated carbocycles. The van der Waals surface area contributed by atoms with Crippen molar-refractivity contribution >= 4 is 5.91 Å². The molecule has 0 bridgehead atoms. The van der Waals surface area contributed by atoms with Crippen molar-refractivity contribution < 1.29 is 4.79 Å². The Kier molecular flexibility index (Phi) is 6.56. The summed E-state index contributed by atoms with van der Waals surface area (Å²) in [6.45, 7) is 5.09. The molecule has 0 aliphatic heterocycles. The Balaban J connectivity index is 2.21. The van der Waals surface area contributed by atoms with Gasteiger partial charge in [-0.05, 0) is 44.1 Å². The van der Waals surface area contributed by atoms with Gasteiger partial charge in [-0.2, -0.15) is 0 Å². The molecule has 3 N–H and O–H groups in total. The number of nitrogens with one attached hydrogen (secondary N) is 1. The van der Waals surface area contributed by atoms with Gasteiger partial charge in [-0.15, -0.1) is 0 Å². The van der Waals surface area contributed by atoms with Crippen LogP contribution >= 0.6 is 0 Å². The van der Waals surface area contributed by atoms with Crippen LogP contribution < -0.4 is 11.1 Å². The Bertz CT molecular complexity index is 230. The van der Waals surface area contributed by atoms with Crippen molar-refractivity contribution in [2.75, 3.05) is 6.54 Å². The largest absolute Gasteiger partial charge is 0.353 e. The van der Waals surface area contributed by atoms with E-state index in [4.69, 9.17) is 5.73 Å². The van der Waals surface area contributed by atoms with Gasteiger partial charge in [-0.25, -0.2) is 0 Å². The van der Waals surface area contributed by atoms with Crippen LogP contribution in [0.5, 0.6) is 0 Å². The van der Waals surface area contributed by atoms with Gasteiger partial charge in [-0.1, -0.05) is 26.7 Å². The fourth-order valence-corrected chi connectivity index (χ4v) is 2.43. The molecule has 1 rings (SSSR count). The molecular formula is C14H28N2O. The quantitative estimate of drug-likeness (QED) is 0.725. The normalized spacial score (nSPS) is 27.2. The number of carbonyl (C=O) groups is 1. The highest BCUT2D eigenvalue weighted by Gasteiger charge is 2.17. The summed E-state index contributed by atoms with van der Waals surface area (Å²) in [4.78, 5) is 11.8. The Morgan fingerprint density at radius 3 is 2.82 bits per heavy atom. The van der Waals surface area contributed by atoms with Crippen LogP contribution in [-0.4, -0.2) is 18.5 Å². The summed E-state index contributed by atoms with van der Waals surface area (Å²) in [5.74, 6) is 1.49. The Morgan fingerprint density at radius 2 is 2.12 bits per heavy atom. The van der Waals surface area contributed by atoms with E-state index >= 15 is 0 Å². The van der Waals surface area contributed by atoms with Crippen LogP contribution in [0.2, 0.25) is 0 Å². The lowest BCUT2D eigenvalue weighted by Crippen LogP contribution is -2.34. The van der Waals surface area contributed by atoms with Crippen LogP contribution in [0.25, 0.3) is 0 Å². The Hall–Kier alpha value is -0.570. The van der Waals surface area contributed by atoms with Crippen molar-refractivity contribution in [3.63, 3.8) is 0 Å². The number of hydrogen-bond donors (Lipinski definition) is 2. The first-order valence-corrected chi connectivity index (χ1v) is 7.11. The van der Waals surface area contributed by atoms with Gasteiger partial charge in [0.15, 0.2) is 0 Å². The minimum Gasteiger partial charge on any atom is -0.353 e. The first-order chi connectivity index (χ1) is 8.11. The molecule has 3 heteroatoms. The van der Waals surface area contributed by atoms with Gasteiger partial charge in [0, 0.05) is 12.5 Å². The molecule has 0 aromatic rings. The van der Waals surface area contributed by atoms with E-state index in [1.54, 1.807) is 0 Å². The molecule has 3 nitrogen and oxygen atoms in total. The second-order valence-electron chi connectivity index (χ2n) is 5.76. The first-order valence-electron chi connectivity index (χ1n) is 7.11. The van der Waals surface area contributed by atoms with E-state index in [9.17, 15) is 4.79 Å². The van der Waals surface area contributed by atoms with Crippen LogP contribution in [-0.2, 0) is 4.79 Å². The summed E-state index contributed by atoms with van der Waals surface area (Å²) < 4.78 is 0. The van der Waals surface area contributed by atoms with E-state index < -0.39 is 0 Å². The van der Waals surface area contributed by atoms with Crippen molar-refractivity contribution in [2.45, 2.75) is 64.8 Å². The van der Waals surface area contributed by atoms with E-state index in [0.717, 1.165) is 25.2 Å². The van der Waals surface area contributed by atoms with Crippen molar-refractivity contribution in [3.8, 4) is 0 Å². The van der Waals surface area contributed by atoms with Crippen LogP contribution in [0.15, 0.2) is 0 Å². The molecule has 17 heavy (non-hydrogen) atoms. The molecule has 0 radical (unpaired) electrons. The van der Waals surface area contributed by atoms with Gasteiger partial charge in [0.05, 0.1) is 0 Å². The maximum absolute atomic E-state index is 11.8. The SMILES string of the molecule is CC(CN)CCC(=O)NC1CCCC(C)CC1. The Morgan fingerprint density at radius 1 is 1.35 bits per heavy atom. The first kappa shape index (κ1) is 14.5. The molecule has 0 heterocycles. The van der Waals surface area contributed by atoms with E-state index in [0.29, 0.717) is 24.9 Å². The fourth-order valence-electron chi connectivity index (χ4n) is 2.43. The average molecular weight is 240 g/mol. The zero-order valence-electron chi connectivity index (χ0n) is 11.4. The highest BCUT2D eigenvalue weighted by molar-refractivity contribution is 5.76. The fraction of sp³-hybridized carbons (Fsp3) is 0.929. The van der Waals surface area contributed by atoms with Gasteiger partial charge in [0.2, 0.25) is 5.91 Å². The minimum absolute atomic E-state index is 0.213. The lowest BCUT2D eigenvalue weighted by atomic mass is 10.0. The summed E-state index contributed by atoms with van der Waals surface area (Å²) in [6.07, 6.45) is 7.67. The van der Waals surface area contributed by atoms with Crippen LogP contribution in [0.4, 0.5) is 0 Å². The maximum atomic E-state index is 11.8. The van der Waals surface area contributed by atoms with Gasteiger partial charge >= 0.3 is 0 Å². The second-order valence-corrected chi connectivity index (χ2v) is 5.76. The van der Waals surface area contributed by atoms with Crippen molar-refractivity contribution in [1.82, 2.24) is 5.32 Å². The van der Waals surface area contributed by atoms with Crippen LogP contribution in [0, 0.1) is 11.8 Å². The highest BCUT2D eigenvalue weighted by Crippen LogP contribution is 2.22. The third kappa shape index (κ3) is 6.06. The number of hydrogen-bond acceptors (Lipinski definition) is 2. The third-order valence-electron chi connectivity index (χ3n) is 3.89. The number of nitrogens with two attached hydrogens (primary N) is 1. The predicted molar refractivity (Wildman–Crippen MR) is 71.6 cm³/mol. The van der Waals surface area contributed by atoms with Crippen molar-refractivity contribution in [3.05, 3.63) is 0 Å². The standard InChI is InChI=1S/C14H28N2O/c1-11-4-3-5-13(8-6-11)16-14(17)9-7-12(2)10-15/h11-13H,3-10,15H2,1-2H3,(H,16,17). The summed E-state index contributed by atoms with van der Waals surface area (Å²) in [5, 5.41) is 3.18.